The first-order valence-electron chi connectivity index (χ1n) is 6.26. The van der Waals surface area contributed by atoms with Crippen molar-refractivity contribution in [2.75, 3.05) is 33.0 Å². The van der Waals surface area contributed by atoms with Crippen molar-refractivity contribution in [3.63, 3.8) is 0 Å². The fourth-order valence-corrected chi connectivity index (χ4v) is 2.69. The molecular weight excluding hydrogens is 252 g/mol. The average Bonchev–Trinajstić information content (AvgIpc) is 2.85. The van der Waals surface area contributed by atoms with Gasteiger partial charge in [-0.15, -0.1) is 0 Å². The van der Waals surface area contributed by atoms with Crippen LogP contribution in [0.15, 0.2) is 6.07 Å². The molecule has 4 nitrogen and oxygen atoms in total. The maximum absolute atomic E-state index is 6.33. The van der Waals surface area contributed by atoms with Crippen molar-refractivity contribution in [1.82, 2.24) is 10.2 Å². The van der Waals surface area contributed by atoms with Gasteiger partial charge in [-0.3, -0.25) is 4.90 Å². The minimum absolute atomic E-state index is 0.269. The van der Waals surface area contributed by atoms with E-state index in [1.54, 1.807) is 0 Å². The molecule has 3 rings (SSSR count). The summed E-state index contributed by atoms with van der Waals surface area (Å²) in [4.78, 5) is 2.43. The van der Waals surface area contributed by atoms with E-state index in [4.69, 9.17) is 21.1 Å². The second kappa shape index (κ2) is 4.96. The molecule has 2 aliphatic heterocycles. The molecule has 0 bridgehead atoms. The maximum atomic E-state index is 6.33. The van der Waals surface area contributed by atoms with Gasteiger partial charge in [0.05, 0.1) is 5.02 Å². The zero-order chi connectivity index (χ0) is 12.5. The molecule has 1 N–H and O–H groups in total. The summed E-state index contributed by atoms with van der Waals surface area (Å²) in [6, 6.07) is 2.06. The summed E-state index contributed by atoms with van der Waals surface area (Å²) < 4.78 is 10.8. The number of benzene rings is 1. The Balaban J connectivity index is 1.85. The highest BCUT2D eigenvalue weighted by atomic mass is 35.5. The van der Waals surface area contributed by atoms with Gasteiger partial charge in [-0.05, 0) is 24.1 Å². The number of nitrogens with zero attached hydrogens (tertiary/aromatic N) is 1. The number of hydrogen-bond acceptors (Lipinski definition) is 4. The number of rotatable bonds is 2. The second-order valence-electron chi connectivity index (χ2n) is 4.73. The summed E-state index contributed by atoms with van der Waals surface area (Å²) in [6.45, 7) is 7.49. The van der Waals surface area contributed by atoms with Gasteiger partial charge >= 0.3 is 0 Å². The second-order valence-corrected chi connectivity index (χ2v) is 5.11. The van der Waals surface area contributed by atoms with E-state index in [-0.39, 0.29) is 6.79 Å². The summed E-state index contributed by atoms with van der Waals surface area (Å²) >= 11 is 6.33. The topological polar surface area (TPSA) is 33.7 Å². The first-order valence-corrected chi connectivity index (χ1v) is 6.64. The molecular formula is C13H17ClN2O2. The molecule has 0 radical (unpaired) electrons. The number of ether oxygens (including phenoxy) is 2. The van der Waals surface area contributed by atoms with E-state index in [1.807, 2.05) is 6.92 Å². The minimum Gasteiger partial charge on any atom is -0.454 e. The number of piperazine rings is 1. The highest BCUT2D eigenvalue weighted by Crippen LogP contribution is 2.42. The summed E-state index contributed by atoms with van der Waals surface area (Å²) in [5.74, 6) is 1.47. The quantitative estimate of drug-likeness (QED) is 0.887. The van der Waals surface area contributed by atoms with Crippen molar-refractivity contribution in [1.29, 1.82) is 0 Å². The van der Waals surface area contributed by atoms with Crippen LogP contribution in [0.3, 0.4) is 0 Å². The van der Waals surface area contributed by atoms with Crippen LogP contribution >= 0.6 is 11.6 Å². The summed E-state index contributed by atoms with van der Waals surface area (Å²) in [5, 5.41) is 4.05. The molecule has 1 aromatic rings. The van der Waals surface area contributed by atoms with Crippen LogP contribution in [0.1, 0.15) is 11.1 Å². The maximum Gasteiger partial charge on any atom is 0.231 e. The Morgan fingerprint density at radius 3 is 2.89 bits per heavy atom. The lowest BCUT2D eigenvalue weighted by molar-refractivity contribution is 0.174. The van der Waals surface area contributed by atoms with Crippen LogP contribution in [0.4, 0.5) is 0 Å². The number of fused-ring (bicyclic) bond motifs is 1. The summed E-state index contributed by atoms with van der Waals surface area (Å²) in [7, 11) is 0. The largest absolute Gasteiger partial charge is 0.454 e. The molecule has 98 valence electrons. The van der Waals surface area contributed by atoms with Crippen LogP contribution in [0, 0.1) is 6.92 Å². The van der Waals surface area contributed by atoms with Crippen molar-refractivity contribution in [2.24, 2.45) is 0 Å². The Labute approximate surface area is 112 Å². The zero-order valence-electron chi connectivity index (χ0n) is 10.5. The molecule has 1 fully saturated rings. The van der Waals surface area contributed by atoms with E-state index >= 15 is 0 Å². The molecule has 0 aromatic heterocycles. The van der Waals surface area contributed by atoms with Crippen molar-refractivity contribution < 1.29 is 9.47 Å². The van der Waals surface area contributed by atoms with Crippen LogP contribution in [0.2, 0.25) is 5.02 Å². The van der Waals surface area contributed by atoms with Crippen molar-refractivity contribution in [3.8, 4) is 11.5 Å². The van der Waals surface area contributed by atoms with Crippen molar-refractivity contribution in [2.45, 2.75) is 13.5 Å². The zero-order valence-corrected chi connectivity index (χ0v) is 11.2. The fraction of sp³-hybridized carbons (Fsp3) is 0.538. The third kappa shape index (κ3) is 2.16. The molecule has 0 amide bonds. The summed E-state index contributed by atoms with van der Waals surface area (Å²) in [6.07, 6.45) is 0. The molecule has 0 saturated carbocycles. The standard InChI is InChI=1S/C13H17ClN2O2/c1-9-10(7-16-4-2-15-3-5-16)6-11-13(12(9)14)18-8-17-11/h6,15H,2-5,7-8H2,1H3. The highest BCUT2D eigenvalue weighted by molar-refractivity contribution is 6.33. The Bertz CT molecular complexity index is 459. The van der Waals surface area contributed by atoms with Gasteiger partial charge in [0.25, 0.3) is 0 Å². The van der Waals surface area contributed by atoms with Crippen molar-refractivity contribution in [3.05, 3.63) is 22.2 Å². The summed E-state index contributed by atoms with van der Waals surface area (Å²) in [5.41, 5.74) is 2.32. The number of halogens is 1. The molecule has 0 aliphatic carbocycles. The van der Waals surface area contributed by atoms with Gasteiger partial charge in [-0.2, -0.15) is 0 Å². The predicted molar refractivity (Wildman–Crippen MR) is 70.5 cm³/mol. The third-order valence-corrected chi connectivity index (χ3v) is 4.02. The Morgan fingerprint density at radius 1 is 1.33 bits per heavy atom. The van der Waals surface area contributed by atoms with Gasteiger partial charge in [-0.25, -0.2) is 0 Å². The molecule has 1 saturated heterocycles. The minimum atomic E-state index is 0.269. The van der Waals surface area contributed by atoms with Crippen molar-refractivity contribution >= 4 is 11.6 Å². The molecule has 0 spiro atoms. The molecule has 18 heavy (non-hydrogen) atoms. The van der Waals surface area contributed by atoms with Crippen LogP contribution in [0.5, 0.6) is 11.5 Å². The van der Waals surface area contributed by atoms with Gasteiger partial charge in [-0.1, -0.05) is 11.6 Å². The predicted octanol–water partition coefficient (Wildman–Crippen LogP) is 1.78. The lowest BCUT2D eigenvalue weighted by Crippen LogP contribution is -2.43. The van der Waals surface area contributed by atoms with Crippen LogP contribution in [-0.2, 0) is 6.54 Å². The van der Waals surface area contributed by atoms with E-state index in [0.717, 1.165) is 44.0 Å². The number of hydrogen-bond donors (Lipinski definition) is 1. The Morgan fingerprint density at radius 2 is 2.11 bits per heavy atom. The SMILES string of the molecule is Cc1c(CN2CCNCC2)cc2c(c1Cl)OCO2. The molecule has 5 heteroatoms. The van der Waals surface area contributed by atoms with E-state index in [0.29, 0.717) is 10.8 Å². The number of nitrogens with one attached hydrogen (secondary N) is 1. The smallest absolute Gasteiger partial charge is 0.231 e. The lowest BCUT2D eigenvalue weighted by atomic mass is 10.1. The van der Waals surface area contributed by atoms with Crippen LogP contribution < -0.4 is 14.8 Å². The van der Waals surface area contributed by atoms with Gasteiger partial charge in [0.15, 0.2) is 11.5 Å². The van der Waals surface area contributed by atoms with Crippen LogP contribution in [-0.4, -0.2) is 37.9 Å². The molecule has 1 aromatic carbocycles. The van der Waals surface area contributed by atoms with Gasteiger partial charge in [0, 0.05) is 32.7 Å². The van der Waals surface area contributed by atoms with Gasteiger partial charge in [0.2, 0.25) is 6.79 Å². The Kier molecular flexibility index (Phi) is 3.33. The van der Waals surface area contributed by atoms with Crippen LogP contribution in [0.25, 0.3) is 0 Å². The molecule has 2 aliphatic rings. The van der Waals surface area contributed by atoms with E-state index in [2.05, 4.69) is 16.3 Å². The first-order chi connectivity index (χ1) is 8.75. The van der Waals surface area contributed by atoms with E-state index in [9.17, 15) is 0 Å². The third-order valence-electron chi connectivity index (χ3n) is 3.56. The normalized spacial score (nSPS) is 19.2. The van der Waals surface area contributed by atoms with Gasteiger partial charge in [0.1, 0.15) is 0 Å². The monoisotopic (exact) mass is 268 g/mol. The molecule has 0 atom stereocenters. The first kappa shape index (κ1) is 12.1. The average molecular weight is 269 g/mol. The molecule has 0 unspecified atom stereocenters. The fourth-order valence-electron chi connectivity index (χ4n) is 2.42. The van der Waals surface area contributed by atoms with Gasteiger partial charge < -0.3 is 14.8 Å². The highest BCUT2D eigenvalue weighted by Gasteiger charge is 2.22. The Hall–Kier alpha value is -0.970. The van der Waals surface area contributed by atoms with E-state index < -0.39 is 0 Å². The molecule has 2 heterocycles. The lowest BCUT2D eigenvalue weighted by Gasteiger charge is -2.28. The van der Waals surface area contributed by atoms with E-state index in [1.165, 1.54) is 5.56 Å².